The molecule has 2 aliphatic heterocycles. The molecule has 9 nitrogen and oxygen atoms in total. The van der Waals surface area contributed by atoms with E-state index < -0.39 is 5.41 Å². The number of nitrogens with one attached hydrogen (secondary N) is 1. The largest absolute Gasteiger partial charge is 0.355 e. The molecule has 2 aromatic rings. The highest BCUT2D eigenvalue weighted by Crippen LogP contribution is 2.44. The highest BCUT2D eigenvalue weighted by molar-refractivity contribution is 5.92. The number of nitrogens with zero attached hydrogens (tertiary/aromatic N) is 6. The van der Waals surface area contributed by atoms with Crippen LogP contribution < -0.4 is 10.2 Å². The van der Waals surface area contributed by atoms with Crippen molar-refractivity contribution in [1.29, 1.82) is 0 Å². The summed E-state index contributed by atoms with van der Waals surface area (Å²) in [5.74, 6) is 1.23. The van der Waals surface area contributed by atoms with Gasteiger partial charge in [-0.25, -0.2) is 15.0 Å². The molecule has 162 valence electrons. The van der Waals surface area contributed by atoms with Gasteiger partial charge in [0.2, 0.25) is 11.9 Å². The van der Waals surface area contributed by atoms with Crippen molar-refractivity contribution in [3.63, 3.8) is 0 Å². The fraction of sp³-hybridized carbons (Fsp3) is 0.545. The summed E-state index contributed by atoms with van der Waals surface area (Å²) in [7, 11) is 0. The maximum Gasteiger partial charge on any atom is 0.274 e. The van der Waals surface area contributed by atoms with Crippen LogP contribution in [-0.2, 0) is 4.79 Å². The molecule has 2 atom stereocenters. The van der Waals surface area contributed by atoms with Crippen molar-refractivity contribution in [2.24, 2.45) is 17.3 Å². The van der Waals surface area contributed by atoms with E-state index in [9.17, 15) is 9.59 Å². The Labute approximate surface area is 181 Å². The summed E-state index contributed by atoms with van der Waals surface area (Å²) in [5.41, 5.74) is -0.208. The molecular formula is C22H27N7O2. The van der Waals surface area contributed by atoms with Crippen molar-refractivity contribution in [3.05, 3.63) is 42.7 Å². The molecular weight excluding hydrogens is 394 g/mol. The minimum atomic E-state index is -0.550. The smallest absolute Gasteiger partial charge is 0.274 e. The molecule has 1 saturated carbocycles. The number of aromatic nitrogens is 4. The molecule has 31 heavy (non-hydrogen) atoms. The van der Waals surface area contributed by atoms with Crippen molar-refractivity contribution in [3.8, 4) is 0 Å². The Bertz CT molecular complexity index is 937. The fourth-order valence-corrected chi connectivity index (χ4v) is 4.90. The van der Waals surface area contributed by atoms with Crippen LogP contribution in [0.4, 0.5) is 5.95 Å². The van der Waals surface area contributed by atoms with E-state index in [0.29, 0.717) is 43.7 Å². The molecule has 3 aliphatic rings. The van der Waals surface area contributed by atoms with Crippen LogP contribution in [0.15, 0.2) is 37.1 Å². The zero-order chi connectivity index (χ0) is 21.3. The van der Waals surface area contributed by atoms with E-state index in [2.05, 4.69) is 30.2 Å². The molecule has 0 radical (unpaired) electrons. The highest BCUT2D eigenvalue weighted by atomic mass is 16.2. The zero-order valence-electron chi connectivity index (χ0n) is 17.5. The average molecular weight is 422 g/mol. The number of anilines is 1. The van der Waals surface area contributed by atoms with E-state index in [-0.39, 0.29) is 17.7 Å². The molecule has 3 fully saturated rings. The van der Waals surface area contributed by atoms with Crippen LogP contribution in [0.2, 0.25) is 0 Å². The van der Waals surface area contributed by atoms with E-state index in [1.54, 1.807) is 24.7 Å². The maximum absolute atomic E-state index is 13.5. The molecule has 2 aromatic heterocycles. The topological polar surface area (TPSA) is 104 Å². The van der Waals surface area contributed by atoms with Crippen LogP contribution in [0, 0.1) is 17.3 Å². The SMILES string of the molecule is O=C(c1cnccn1)N1CCC[C@@]2(C(=O)NCC3CC3)CN(c3ncccn3)C[C@@H]2C1. The molecule has 1 aliphatic carbocycles. The van der Waals surface area contributed by atoms with Crippen molar-refractivity contribution in [2.75, 3.05) is 37.6 Å². The second-order valence-electron chi connectivity index (χ2n) is 8.88. The Balaban J connectivity index is 1.40. The van der Waals surface area contributed by atoms with Gasteiger partial charge in [0.05, 0.1) is 11.6 Å². The predicted molar refractivity (Wildman–Crippen MR) is 113 cm³/mol. The van der Waals surface area contributed by atoms with Gasteiger partial charge in [-0.15, -0.1) is 0 Å². The maximum atomic E-state index is 13.5. The summed E-state index contributed by atoms with van der Waals surface area (Å²) in [6, 6.07) is 1.79. The van der Waals surface area contributed by atoms with Crippen LogP contribution in [0.1, 0.15) is 36.2 Å². The van der Waals surface area contributed by atoms with Crippen LogP contribution >= 0.6 is 0 Å². The first-order valence-electron chi connectivity index (χ1n) is 11.0. The average Bonchev–Trinajstić information content (AvgIpc) is 3.61. The molecule has 2 amide bonds. The van der Waals surface area contributed by atoms with Gasteiger partial charge in [0.15, 0.2) is 0 Å². The van der Waals surface area contributed by atoms with Crippen LogP contribution in [-0.4, -0.2) is 69.4 Å². The summed E-state index contributed by atoms with van der Waals surface area (Å²) in [4.78, 5) is 47.5. The quantitative estimate of drug-likeness (QED) is 0.772. The van der Waals surface area contributed by atoms with Crippen LogP contribution in [0.5, 0.6) is 0 Å². The summed E-state index contributed by atoms with van der Waals surface area (Å²) in [6.07, 6.45) is 11.9. The number of carbonyl (C=O) groups is 2. The Hall–Kier alpha value is -3.10. The van der Waals surface area contributed by atoms with Crippen molar-refractivity contribution >= 4 is 17.8 Å². The molecule has 0 spiro atoms. The zero-order valence-corrected chi connectivity index (χ0v) is 17.5. The minimum Gasteiger partial charge on any atom is -0.355 e. The Kier molecular flexibility index (Phi) is 5.25. The number of hydrogen-bond donors (Lipinski definition) is 1. The van der Waals surface area contributed by atoms with Crippen LogP contribution in [0.25, 0.3) is 0 Å². The normalized spacial score (nSPS) is 25.6. The number of amides is 2. The fourth-order valence-electron chi connectivity index (χ4n) is 4.90. The van der Waals surface area contributed by atoms with Crippen molar-refractivity contribution in [1.82, 2.24) is 30.2 Å². The van der Waals surface area contributed by atoms with E-state index in [1.807, 2.05) is 4.90 Å². The van der Waals surface area contributed by atoms with Crippen molar-refractivity contribution in [2.45, 2.75) is 25.7 Å². The summed E-state index contributed by atoms with van der Waals surface area (Å²) in [5, 5.41) is 3.22. The highest BCUT2D eigenvalue weighted by Gasteiger charge is 2.54. The van der Waals surface area contributed by atoms with Crippen LogP contribution in [0.3, 0.4) is 0 Å². The molecule has 9 heteroatoms. The third-order valence-electron chi connectivity index (χ3n) is 6.79. The predicted octanol–water partition coefficient (Wildman–Crippen LogP) is 1.15. The Morgan fingerprint density at radius 3 is 2.68 bits per heavy atom. The van der Waals surface area contributed by atoms with Gasteiger partial charge in [0, 0.05) is 63.4 Å². The van der Waals surface area contributed by atoms with E-state index >= 15 is 0 Å². The lowest BCUT2D eigenvalue weighted by Crippen LogP contribution is -2.48. The first-order valence-corrected chi connectivity index (χ1v) is 11.0. The van der Waals surface area contributed by atoms with E-state index in [1.165, 1.54) is 25.2 Å². The number of likely N-dealkylation sites (tertiary alicyclic amines) is 1. The molecule has 5 rings (SSSR count). The number of fused-ring (bicyclic) bond motifs is 1. The molecule has 0 bridgehead atoms. The second-order valence-corrected chi connectivity index (χ2v) is 8.88. The van der Waals surface area contributed by atoms with Crippen molar-refractivity contribution < 1.29 is 9.59 Å². The first-order chi connectivity index (χ1) is 15.2. The van der Waals surface area contributed by atoms with Gasteiger partial charge < -0.3 is 15.1 Å². The van der Waals surface area contributed by atoms with Gasteiger partial charge in [-0.05, 0) is 37.7 Å². The van der Waals surface area contributed by atoms with Gasteiger partial charge in [0.1, 0.15) is 5.69 Å². The molecule has 0 aromatic carbocycles. The van der Waals surface area contributed by atoms with E-state index in [4.69, 9.17) is 0 Å². The van der Waals surface area contributed by atoms with E-state index in [0.717, 1.165) is 19.4 Å². The molecule has 4 heterocycles. The first kappa shape index (κ1) is 19.8. The standard InChI is InChI=1S/C22H27N7O2/c30-19(18-12-23-8-9-24-18)28-10-1-5-22(20(31)27-11-16-3-4-16)15-29(14-17(22)13-28)21-25-6-2-7-26-21/h2,6-9,12,16-17H,1,3-5,10-11,13-15H2,(H,27,31)/t17-,22+/m0/s1. The molecule has 0 unspecified atom stereocenters. The van der Waals surface area contributed by atoms with Gasteiger partial charge in [-0.2, -0.15) is 0 Å². The second kappa shape index (κ2) is 8.20. The minimum absolute atomic E-state index is 0.00127. The van der Waals surface area contributed by atoms with Gasteiger partial charge in [-0.1, -0.05) is 0 Å². The third kappa shape index (κ3) is 3.96. The number of rotatable bonds is 5. The lowest BCUT2D eigenvalue weighted by molar-refractivity contribution is -0.132. The molecule has 2 saturated heterocycles. The third-order valence-corrected chi connectivity index (χ3v) is 6.79. The molecule has 1 N–H and O–H groups in total. The monoisotopic (exact) mass is 421 g/mol. The van der Waals surface area contributed by atoms with Gasteiger partial charge in [-0.3, -0.25) is 14.6 Å². The van der Waals surface area contributed by atoms with Gasteiger partial charge in [0.25, 0.3) is 5.91 Å². The lowest BCUT2D eigenvalue weighted by Gasteiger charge is -2.32. The Morgan fingerprint density at radius 2 is 1.94 bits per heavy atom. The number of carbonyl (C=O) groups excluding carboxylic acids is 2. The number of hydrogen-bond acceptors (Lipinski definition) is 7. The van der Waals surface area contributed by atoms with Gasteiger partial charge >= 0.3 is 0 Å². The summed E-state index contributed by atoms with van der Waals surface area (Å²) >= 11 is 0. The summed E-state index contributed by atoms with van der Waals surface area (Å²) < 4.78 is 0. The lowest BCUT2D eigenvalue weighted by atomic mass is 9.74. The summed E-state index contributed by atoms with van der Waals surface area (Å²) in [6.45, 7) is 3.09. The Morgan fingerprint density at radius 1 is 1.10 bits per heavy atom.